The first-order valence-corrected chi connectivity index (χ1v) is 13.2. The summed E-state index contributed by atoms with van der Waals surface area (Å²) in [5, 5.41) is 3.05. The Kier molecular flexibility index (Phi) is 6.76. The number of hydrogen-bond donors (Lipinski definition) is 1. The van der Waals surface area contributed by atoms with Gasteiger partial charge in [-0.05, 0) is 55.5 Å². The van der Waals surface area contributed by atoms with Crippen LogP contribution >= 0.6 is 0 Å². The molecule has 0 atom stereocenters. The lowest BCUT2D eigenvalue weighted by molar-refractivity contribution is 0.102. The number of nitrogens with zero attached hydrogens (tertiary/aromatic N) is 5. The molecule has 0 radical (unpaired) electrons. The lowest BCUT2D eigenvalue weighted by Gasteiger charge is -2.35. The number of anilines is 2. The Morgan fingerprint density at radius 3 is 2.53 bits per heavy atom. The first kappa shape index (κ1) is 24.5. The van der Waals surface area contributed by atoms with E-state index in [1.54, 1.807) is 12.4 Å². The number of hydrogen-bond acceptors (Lipinski definition) is 5. The molecule has 2 aliphatic heterocycles. The molecule has 0 spiro atoms. The summed E-state index contributed by atoms with van der Waals surface area (Å²) >= 11 is 0. The van der Waals surface area contributed by atoms with Crippen molar-refractivity contribution in [1.29, 1.82) is 0 Å². The van der Waals surface area contributed by atoms with Crippen LogP contribution in [0.15, 0.2) is 54.9 Å². The number of aryl methyl sites for hydroxylation is 1. The number of carbonyl (C=O) groups excluding carboxylic acids is 1. The van der Waals surface area contributed by atoms with Crippen LogP contribution in [0.5, 0.6) is 0 Å². The van der Waals surface area contributed by atoms with Crippen molar-refractivity contribution in [2.45, 2.75) is 32.2 Å². The average molecular weight is 517 g/mol. The number of amides is 1. The Hall–Kier alpha value is -3.85. The SMILES string of the molecule is O=C(Nc1ccccc1)c1c2n(c3c(N4CCN(CCc5ccc(F)c(F)c5)CC4)ncnc13)CCCC2. The lowest BCUT2D eigenvalue weighted by Crippen LogP contribution is -2.47. The molecule has 7 nitrogen and oxygen atoms in total. The van der Waals surface area contributed by atoms with Crippen LogP contribution in [0.3, 0.4) is 0 Å². The molecule has 4 aromatic rings. The van der Waals surface area contributed by atoms with Gasteiger partial charge in [-0.2, -0.15) is 0 Å². The summed E-state index contributed by atoms with van der Waals surface area (Å²) < 4.78 is 29.0. The van der Waals surface area contributed by atoms with Crippen LogP contribution in [0.25, 0.3) is 11.0 Å². The maximum atomic E-state index is 13.6. The Morgan fingerprint density at radius 2 is 1.74 bits per heavy atom. The fourth-order valence-electron chi connectivity index (χ4n) is 5.63. The molecular formula is C29H30F2N6O. The maximum absolute atomic E-state index is 13.6. The van der Waals surface area contributed by atoms with E-state index in [4.69, 9.17) is 4.98 Å². The number of nitrogens with one attached hydrogen (secondary N) is 1. The molecule has 4 heterocycles. The first-order valence-electron chi connectivity index (χ1n) is 13.2. The molecule has 0 bridgehead atoms. The van der Waals surface area contributed by atoms with Crippen molar-refractivity contribution in [1.82, 2.24) is 19.4 Å². The van der Waals surface area contributed by atoms with Crippen molar-refractivity contribution in [3.05, 3.63) is 83.3 Å². The molecule has 6 rings (SSSR count). The van der Waals surface area contributed by atoms with Crippen molar-refractivity contribution in [2.75, 3.05) is 42.9 Å². The molecule has 2 aliphatic rings. The van der Waals surface area contributed by atoms with E-state index in [1.165, 1.54) is 12.1 Å². The van der Waals surface area contributed by atoms with E-state index >= 15 is 0 Å². The van der Waals surface area contributed by atoms with E-state index in [0.717, 1.165) is 86.8 Å². The molecule has 1 N–H and O–H groups in total. The smallest absolute Gasteiger partial charge is 0.259 e. The van der Waals surface area contributed by atoms with Gasteiger partial charge in [0, 0.05) is 50.6 Å². The van der Waals surface area contributed by atoms with Gasteiger partial charge in [0.25, 0.3) is 5.91 Å². The fourth-order valence-corrected chi connectivity index (χ4v) is 5.63. The van der Waals surface area contributed by atoms with E-state index in [1.807, 2.05) is 30.3 Å². The van der Waals surface area contributed by atoms with Crippen molar-refractivity contribution in [3.63, 3.8) is 0 Å². The normalized spacial score (nSPS) is 16.0. The van der Waals surface area contributed by atoms with Gasteiger partial charge in [-0.15, -0.1) is 0 Å². The minimum absolute atomic E-state index is 0.136. The summed E-state index contributed by atoms with van der Waals surface area (Å²) in [5.41, 5.74) is 4.89. The fraction of sp³-hybridized carbons (Fsp3) is 0.345. The Bertz CT molecular complexity index is 1460. The van der Waals surface area contributed by atoms with E-state index in [-0.39, 0.29) is 5.91 Å². The maximum Gasteiger partial charge on any atom is 0.259 e. The van der Waals surface area contributed by atoms with Crippen LogP contribution in [-0.4, -0.2) is 58.1 Å². The van der Waals surface area contributed by atoms with Crippen LogP contribution in [0, 0.1) is 11.6 Å². The number of fused-ring (bicyclic) bond motifs is 3. The van der Waals surface area contributed by atoms with Crippen LogP contribution in [-0.2, 0) is 19.4 Å². The summed E-state index contributed by atoms with van der Waals surface area (Å²) in [6.45, 7) is 4.88. The molecule has 1 fully saturated rings. The minimum Gasteiger partial charge on any atom is -0.352 e. The molecule has 0 unspecified atom stereocenters. The van der Waals surface area contributed by atoms with E-state index in [9.17, 15) is 13.6 Å². The Labute approximate surface area is 220 Å². The third-order valence-corrected chi connectivity index (χ3v) is 7.60. The van der Waals surface area contributed by atoms with Gasteiger partial charge in [0.1, 0.15) is 17.4 Å². The highest BCUT2D eigenvalue weighted by molar-refractivity contribution is 6.14. The number of benzene rings is 2. The molecule has 2 aromatic carbocycles. The second kappa shape index (κ2) is 10.5. The van der Waals surface area contributed by atoms with Crippen molar-refractivity contribution >= 4 is 28.4 Å². The number of aromatic nitrogens is 3. The molecule has 0 saturated carbocycles. The summed E-state index contributed by atoms with van der Waals surface area (Å²) in [6.07, 6.45) is 5.18. The van der Waals surface area contributed by atoms with Crippen LogP contribution in [0.1, 0.15) is 34.5 Å². The monoisotopic (exact) mass is 516 g/mol. The van der Waals surface area contributed by atoms with Gasteiger partial charge >= 0.3 is 0 Å². The van der Waals surface area contributed by atoms with E-state index in [0.29, 0.717) is 17.5 Å². The molecule has 2 aromatic heterocycles. The molecule has 9 heteroatoms. The molecular weight excluding hydrogens is 486 g/mol. The number of rotatable bonds is 6. The van der Waals surface area contributed by atoms with Crippen LogP contribution in [0.2, 0.25) is 0 Å². The Morgan fingerprint density at radius 1 is 0.921 bits per heavy atom. The second-order valence-electron chi connectivity index (χ2n) is 9.97. The van der Waals surface area contributed by atoms with Gasteiger partial charge in [0.2, 0.25) is 0 Å². The summed E-state index contributed by atoms with van der Waals surface area (Å²) in [5.74, 6) is -0.875. The standard InChI is InChI=1S/C29H30F2N6O/c30-22-10-9-20(18-23(22)31)11-13-35-14-16-36(17-15-35)28-27-26(32-19-33-28)25(24-8-4-5-12-37(24)27)29(38)34-21-6-2-1-3-7-21/h1-3,6-7,9-10,18-19H,4-5,8,11-17H2,(H,34,38). The van der Waals surface area contributed by atoms with Gasteiger partial charge in [0.15, 0.2) is 17.5 Å². The molecule has 38 heavy (non-hydrogen) atoms. The summed E-state index contributed by atoms with van der Waals surface area (Å²) in [6, 6.07) is 13.6. The lowest BCUT2D eigenvalue weighted by atomic mass is 10.1. The summed E-state index contributed by atoms with van der Waals surface area (Å²) in [4.78, 5) is 27.4. The first-order chi connectivity index (χ1) is 18.6. The molecule has 0 aliphatic carbocycles. The zero-order valence-electron chi connectivity index (χ0n) is 21.2. The van der Waals surface area contributed by atoms with E-state index in [2.05, 4.69) is 24.7 Å². The minimum atomic E-state index is -0.813. The van der Waals surface area contributed by atoms with Gasteiger partial charge in [0.05, 0.1) is 5.56 Å². The van der Waals surface area contributed by atoms with Crippen LogP contribution < -0.4 is 10.2 Å². The summed E-state index contributed by atoms with van der Waals surface area (Å²) in [7, 11) is 0. The highest BCUT2D eigenvalue weighted by Gasteiger charge is 2.30. The number of para-hydroxylation sites is 1. The molecule has 1 saturated heterocycles. The van der Waals surface area contributed by atoms with Crippen molar-refractivity contribution in [2.24, 2.45) is 0 Å². The zero-order chi connectivity index (χ0) is 26.1. The highest BCUT2D eigenvalue weighted by atomic mass is 19.2. The molecule has 1 amide bonds. The zero-order valence-corrected chi connectivity index (χ0v) is 21.2. The van der Waals surface area contributed by atoms with Crippen molar-refractivity contribution in [3.8, 4) is 0 Å². The number of piperazine rings is 1. The highest BCUT2D eigenvalue weighted by Crippen LogP contribution is 2.35. The largest absolute Gasteiger partial charge is 0.352 e. The Balaban J connectivity index is 1.22. The topological polar surface area (TPSA) is 66.3 Å². The molecule has 196 valence electrons. The van der Waals surface area contributed by atoms with Crippen molar-refractivity contribution < 1.29 is 13.6 Å². The van der Waals surface area contributed by atoms with Gasteiger partial charge < -0.3 is 14.8 Å². The van der Waals surface area contributed by atoms with Gasteiger partial charge in [-0.1, -0.05) is 24.3 Å². The predicted molar refractivity (Wildman–Crippen MR) is 144 cm³/mol. The third kappa shape index (κ3) is 4.74. The number of carbonyl (C=O) groups is 1. The average Bonchev–Trinajstić information content (AvgIpc) is 3.29. The van der Waals surface area contributed by atoms with Crippen LogP contribution in [0.4, 0.5) is 20.3 Å². The van der Waals surface area contributed by atoms with E-state index < -0.39 is 11.6 Å². The quantitative estimate of drug-likeness (QED) is 0.404. The number of halogens is 2. The second-order valence-corrected chi connectivity index (χ2v) is 9.97. The van der Waals surface area contributed by atoms with Gasteiger partial charge in [-0.3, -0.25) is 9.69 Å². The predicted octanol–water partition coefficient (Wildman–Crippen LogP) is 4.66. The van der Waals surface area contributed by atoms with Gasteiger partial charge in [-0.25, -0.2) is 18.7 Å². The third-order valence-electron chi connectivity index (χ3n) is 7.60.